The van der Waals surface area contributed by atoms with Crippen LogP contribution in [0.25, 0.3) is 0 Å². The first-order valence-electron chi connectivity index (χ1n) is 8.14. The van der Waals surface area contributed by atoms with E-state index in [4.69, 9.17) is 0 Å². The molecule has 0 unspecified atom stereocenters. The van der Waals surface area contributed by atoms with Crippen molar-refractivity contribution >= 4 is 24.2 Å². The van der Waals surface area contributed by atoms with E-state index in [1.165, 1.54) is 0 Å². The van der Waals surface area contributed by atoms with Gasteiger partial charge in [-0.1, -0.05) is 78.9 Å². The Labute approximate surface area is 152 Å². The Balaban J connectivity index is 2.14. The van der Waals surface area contributed by atoms with E-state index in [1.54, 1.807) is 30.3 Å². The lowest BCUT2D eigenvalue weighted by Crippen LogP contribution is -2.14. The third kappa shape index (κ3) is 3.72. The summed E-state index contributed by atoms with van der Waals surface area (Å²) in [4.78, 5) is 26.1. The molecular weight excluding hydrogens is 328 g/mol. The van der Waals surface area contributed by atoms with Gasteiger partial charge >= 0.3 is 0 Å². The highest BCUT2D eigenvalue weighted by Crippen LogP contribution is 2.23. The number of thiol groups is 1. The van der Waals surface area contributed by atoms with Crippen LogP contribution >= 0.6 is 12.6 Å². The maximum atomic E-state index is 13.1. The molecule has 0 saturated heterocycles. The van der Waals surface area contributed by atoms with Crippen LogP contribution in [0.1, 0.15) is 37.4 Å². The molecule has 0 aliphatic carbocycles. The Hall–Kier alpha value is -2.65. The van der Waals surface area contributed by atoms with Gasteiger partial charge in [0, 0.05) is 22.3 Å². The van der Waals surface area contributed by atoms with Crippen LogP contribution < -0.4 is 0 Å². The second-order valence-corrected chi connectivity index (χ2v) is 6.15. The van der Waals surface area contributed by atoms with Gasteiger partial charge in [0.05, 0.1) is 0 Å². The molecule has 0 amide bonds. The minimum atomic E-state index is -0.138. The molecule has 2 nitrogen and oxygen atoms in total. The maximum Gasteiger partial charge on any atom is 0.194 e. The van der Waals surface area contributed by atoms with Gasteiger partial charge in [-0.3, -0.25) is 9.59 Å². The lowest BCUT2D eigenvalue weighted by Gasteiger charge is -2.13. The van der Waals surface area contributed by atoms with Crippen molar-refractivity contribution in [2.24, 2.45) is 0 Å². The average Bonchev–Trinajstić information content (AvgIpc) is 2.68. The van der Waals surface area contributed by atoms with Gasteiger partial charge in [-0.2, -0.15) is 12.6 Å². The quantitative estimate of drug-likeness (QED) is 0.522. The van der Waals surface area contributed by atoms with E-state index >= 15 is 0 Å². The van der Waals surface area contributed by atoms with Crippen molar-refractivity contribution in [1.29, 1.82) is 0 Å². The van der Waals surface area contributed by atoms with Crippen molar-refractivity contribution in [2.75, 3.05) is 5.75 Å². The minimum Gasteiger partial charge on any atom is -0.289 e. The molecule has 3 rings (SSSR count). The van der Waals surface area contributed by atoms with E-state index < -0.39 is 0 Å². The average molecular weight is 346 g/mol. The van der Waals surface area contributed by atoms with Crippen molar-refractivity contribution in [3.8, 4) is 0 Å². The van der Waals surface area contributed by atoms with Crippen LogP contribution in [-0.4, -0.2) is 17.3 Å². The zero-order chi connectivity index (χ0) is 17.6. The van der Waals surface area contributed by atoms with Crippen molar-refractivity contribution in [1.82, 2.24) is 0 Å². The Bertz CT molecular complexity index is 886. The molecule has 3 aromatic carbocycles. The number of ketones is 2. The van der Waals surface area contributed by atoms with Crippen molar-refractivity contribution in [3.05, 3.63) is 107 Å². The highest BCUT2D eigenvalue weighted by molar-refractivity contribution is 7.80. The molecule has 0 bridgehead atoms. The summed E-state index contributed by atoms with van der Waals surface area (Å²) in [6.07, 6.45) is 0.632. The zero-order valence-corrected chi connectivity index (χ0v) is 14.6. The molecule has 0 heterocycles. The van der Waals surface area contributed by atoms with E-state index in [-0.39, 0.29) is 11.6 Å². The summed E-state index contributed by atoms with van der Waals surface area (Å²) < 4.78 is 0. The minimum absolute atomic E-state index is 0.128. The number of benzene rings is 3. The molecule has 3 heteroatoms. The van der Waals surface area contributed by atoms with Crippen LogP contribution in [0.2, 0.25) is 0 Å². The fourth-order valence-corrected chi connectivity index (χ4v) is 3.11. The zero-order valence-electron chi connectivity index (χ0n) is 13.7. The molecule has 0 aliphatic heterocycles. The number of aryl methyl sites for hydroxylation is 1. The molecule has 0 aromatic heterocycles. The second-order valence-electron chi connectivity index (χ2n) is 5.70. The normalized spacial score (nSPS) is 10.4. The third-order valence-corrected chi connectivity index (χ3v) is 4.30. The summed E-state index contributed by atoms with van der Waals surface area (Å²) in [5.41, 5.74) is 2.94. The van der Waals surface area contributed by atoms with Gasteiger partial charge in [0.15, 0.2) is 11.6 Å². The van der Waals surface area contributed by atoms with Gasteiger partial charge in [-0.05, 0) is 17.7 Å². The van der Waals surface area contributed by atoms with Gasteiger partial charge in [-0.25, -0.2) is 0 Å². The van der Waals surface area contributed by atoms with Crippen LogP contribution in [-0.2, 0) is 6.42 Å². The van der Waals surface area contributed by atoms with E-state index in [2.05, 4.69) is 12.6 Å². The standard InChI is InChI=1S/C22H18O2S/c23-21(17-8-3-1-4-9-17)19-13-7-12-16(14-15-25)20(19)22(24)18-10-5-2-6-11-18/h1-13,25H,14-15H2. The predicted molar refractivity (Wildman–Crippen MR) is 104 cm³/mol. The topological polar surface area (TPSA) is 34.1 Å². The monoisotopic (exact) mass is 346 g/mol. The van der Waals surface area contributed by atoms with Gasteiger partial charge in [-0.15, -0.1) is 0 Å². The van der Waals surface area contributed by atoms with Crippen LogP contribution in [0.4, 0.5) is 0 Å². The number of carbonyl (C=O) groups is 2. The molecular formula is C22H18O2S. The summed E-state index contributed by atoms with van der Waals surface area (Å²) >= 11 is 4.29. The molecule has 124 valence electrons. The predicted octanol–water partition coefficient (Wildman–Crippen LogP) is 4.62. The molecule has 0 aliphatic rings. The Morgan fingerprint density at radius 3 is 1.80 bits per heavy atom. The Morgan fingerprint density at radius 2 is 1.24 bits per heavy atom. The first-order valence-corrected chi connectivity index (χ1v) is 8.78. The van der Waals surface area contributed by atoms with Gasteiger partial charge < -0.3 is 0 Å². The van der Waals surface area contributed by atoms with Crippen LogP contribution in [0, 0.1) is 0 Å². The molecule has 0 spiro atoms. The first-order chi connectivity index (χ1) is 12.2. The first kappa shape index (κ1) is 17.2. The molecule has 0 radical (unpaired) electrons. The SMILES string of the molecule is O=C(c1ccccc1)c1cccc(CCS)c1C(=O)c1ccccc1. The summed E-state index contributed by atoms with van der Waals surface area (Å²) in [7, 11) is 0. The third-order valence-electron chi connectivity index (χ3n) is 4.08. The molecule has 0 atom stereocenters. The number of hydrogen-bond acceptors (Lipinski definition) is 3. The van der Waals surface area contributed by atoms with E-state index in [9.17, 15) is 9.59 Å². The second kappa shape index (κ2) is 7.95. The Kier molecular flexibility index (Phi) is 5.46. The number of hydrogen-bond donors (Lipinski definition) is 1. The summed E-state index contributed by atoms with van der Waals surface area (Å²) in [5.74, 6) is 0.344. The van der Waals surface area contributed by atoms with Gasteiger partial charge in [0.25, 0.3) is 0 Å². The highest BCUT2D eigenvalue weighted by atomic mass is 32.1. The summed E-state index contributed by atoms with van der Waals surface area (Å²) in [6.45, 7) is 0. The van der Waals surface area contributed by atoms with E-state index in [0.717, 1.165) is 5.56 Å². The smallest absolute Gasteiger partial charge is 0.194 e. The molecule has 3 aromatic rings. The maximum absolute atomic E-state index is 13.1. The highest BCUT2D eigenvalue weighted by Gasteiger charge is 2.22. The van der Waals surface area contributed by atoms with E-state index in [1.807, 2.05) is 48.5 Å². The largest absolute Gasteiger partial charge is 0.289 e. The molecule has 0 N–H and O–H groups in total. The number of carbonyl (C=O) groups excluding carboxylic acids is 2. The lowest BCUT2D eigenvalue weighted by atomic mass is 9.89. The molecule has 25 heavy (non-hydrogen) atoms. The van der Waals surface area contributed by atoms with Crippen LogP contribution in [0.5, 0.6) is 0 Å². The molecule has 0 saturated carbocycles. The number of rotatable bonds is 6. The van der Waals surface area contributed by atoms with Crippen LogP contribution in [0.15, 0.2) is 78.9 Å². The van der Waals surface area contributed by atoms with E-state index in [0.29, 0.717) is 34.4 Å². The van der Waals surface area contributed by atoms with Crippen LogP contribution in [0.3, 0.4) is 0 Å². The van der Waals surface area contributed by atoms with Gasteiger partial charge in [0.2, 0.25) is 0 Å². The lowest BCUT2D eigenvalue weighted by molar-refractivity contribution is 0.100. The summed E-state index contributed by atoms with van der Waals surface area (Å²) in [6, 6.07) is 23.6. The van der Waals surface area contributed by atoms with Crippen molar-refractivity contribution in [3.63, 3.8) is 0 Å². The van der Waals surface area contributed by atoms with Gasteiger partial charge in [0.1, 0.15) is 0 Å². The summed E-state index contributed by atoms with van der Waals surface area (Å²) in [5, 5.41) is 0. The fraction of sp³-hybridized carbons (Fsp3) is 0.0909. The fourth-order valence-electron chi connectivity index (χ4n) is 2.87. The van der Waals surface area contributed by atoms with Crippen molar-refractivity contribution < 1.29 is 9.59 Å². The molecule has 0 fully saturated rings. The van der Waals surface area contributed by atoms with Crippen molar-refractivity contribution in [2.45, 2.75) is 6.42 Å². The Morgan fingerprint density at radius 1 is 0.680 bits per heavy atom.